The summed E-state index contributed by atoms with van der Waals surface area (Å²) in [5.74, 6) is -0.304. The molecular formula is C8H7BrFN. The van der Waals surface area contributed by atoms with E-state index in [1.807, 2.05) is 12.2 Å². The number of alkyl halides is 1. The minimum atomic E-state index is -0.304. The molecule has 1 heterocycles. The van der Waals surface area contributed by atoms with Crippen LogP contribution in [0, 0.1) is 5.82 Å². The molecule has 0 amide bonds. The summed E-state index contributed by atoms with van der Waals surface area (Å²) in [4.78, 5) is 3.70. The Morgan fingerprint density at radius 2 is 2.36 bits per heavy atom. The lowest BCUT2D eigenvalue weighted by molar-refractivity contribution is 0.621. The van der Waals surface area contributed by atoms with Gasteiger partial charge in [-0.2, -0.15) is 0 Å². The average molecular weight is 216 g/mol. The van der Waals surface area contributed by atoms with Crippen LogP contribution in [0.4, 0.5) is 4.39 Å². The predicted molar refractivity (Wildman–Crippen MR) is 47.0 cm³/mol. The number of nitrogens with zero attached hydrogens (tertiary/aromatic N) is 1. The van der Waals surface area contributed by atoms with Crippen LogP contribution >= 0.6 is 15.9 Å². The number of halogens is 2. The molecule has 0 fully saturated rings. The van der Waals surface area contributed by atoms with Gasteiger partial charge in [0, 0.05) is 11.5 Å². The van der Waals surface area contributed by atoms with Crippen molar-refractivity contribution in [3.63, 3.8) is 0 Å². The van der Waals surface area contributed by atoms with E-state index in [1.165, 1.54) is 12.3 Å². The summed E-state index contributed by atoms with van der Waals surface area (Å²) in [6.45, 7) is 0. The van der Waals surface area contributed by atoms with Crippen molar-refractivity contribution in [2.75, 3.05) is 5.33 Å². The molecule has 1 rings (SSSR count). The van der Waals surface area contributed by atoms with Crippen LogP contribution in [0.25, 0.3) is 6.08 Å². The summed E-state index contributed by atoms with van der Waals surface area (Å²) in [7, 11) is 0. The fraction of sp³-hybridized carbons (Fsp3) is 0.125. The van der Waals surface area contributed by atoms with Crippen LogP contribution in [0.15, 0.2) is 24.5 Å². The van der Waals surface area contributed by atoms with E-state index >= 15 is 0 Å². The van der Waals surface area contributed by atoms with Crippen molar-refractivity contribution in [1.29, 1.82) is 0 Å². The van der Waals surface area contributed by atoms with Crippen LogP contribution in [-0.2, 0) is 0 Å². The van der Waals surface area contributed by atoms with Gasteiger partial charge in [0.15, 0.2) is 0 Å². The number of hydrogen-bond donors (Lipinski definition) is 0. The van der Waals surface area contributed by atoms with E-state index in [1.54, 1.807) is 6.20 Å². The molecule has 1 aromatic rings. The third-order valence-electron chi connectivity index (χ3n) is 1.13. The number of aromatic nitrogens is 1. The lowest BCUT2D eigenvalue weighted by Gasteiger charge is -1.90. The topological polar surface area (TPSA) is 12.9 Å². The molecule has 0 unspecified atom stereocenters. The van der Waals surface area contributed by atoms with Gasteiger partial charge in [-0.25, -0.2) is 4.39 Å². The Morgan fingerprint density at radius 1 is 1.55 bits per heavy atom. The smallest absolute Gasteiger partial charge is 0.142 e. The van der Waals surface area contributed by atoms with Crippen molar-refractivity contribution in [2.24, 2.45) is 0 Å². The van der Waals surface area contributed by atoms with Gasteiger partial charge < -0.3 is 0 Å². The molecule has 0 aliphatic carbocycles. The van der Waals surface area contributed by atoms with Crippen LogP contribution in [0.3, 0.4) is 0 Å². The van der Waals surface area contributed by atoms with Crippen LogP contribution in [-0.4, -0.2) is 10.3 Å². The normalized spacial score (nSPS) is 10.7. The van der Waals surface area contributed by atoms with Gasteiger partial charge in [-0.05, 0) is 11.6 Å². The third kappa shape index (κ3) is 2.80. The van der Waals surface area contributed by atoms with E-state index in [-0.39, 0.29) is 5.82 Å². The highest BCUT2D eigenvalue weighted by Gasteiger charge is 1.89. The summed E-state index contributed by atoms with van der Waals surface area (Å²) in [5.41, 5.74) is 0.782. The first-order valence-electron chi connectivity index (χ1n) is 3.16. The minimum Gasteiger partial charge on any atom is -0.261 e. The molecule has 58 valence electrons. The molecule has 0 aliphatic heterocycles. The average Bonchev–Trinajstić information content (AvgIpc) is 2.01. The van der Waals surface area contributed by atoms with E-state index in [0.717, 1.165) is 10.9 Å². The SMILES string of the molecule is Fc1cncc(C=CCBr)c1. The lowest BCUT2D eigenvalue weighted by atomic mass is 10.2. The van der Waals surface area contributed by atoms with Gasteiger partial charge in [0.1, 0.15) is 5.82 Å². The van der Waals surface area contributed by atoms with Crippen molar-refractivity contribution >= 4 is 22.0 Å². The predicted octanol–water partition coefficient (Wildman–Crippen LogP) is 2.63. The molecule has 0 saturated heterocycles. The van der Waals surface area contributed by atoms with E-state index < -0.39 is 0 Å². The van der Waals surface area contributed by atoms with Gasteiger partial charge in [0.25, 0.3) is 0 Å². The zero-order valence-corrected chi connectivity index (χ0v) is 7.38. The van der Waals surface area contributed by atoms with Gasteiger partial charge in [-0.15, -0.1) is 0 Å². The first-order valence-corrected chi connectivity index (χ1v) is 4.28. The van der Waals surface area contributed by atoms with E-state index in [0.29, 0.717) is 0 Å². The van der Waals surface area contributed by atoms with Crippen molar-refractivity contribution < 1.29 is 4.39 Å². The molecular weight excluding hydrogens is 209 g/mol. The molecule has 0 N–H and O–H groups in total. The molecule has 0 saturated carbocycles. The van der Waals surface area contributed by atoms with Crippen molar-refractivity contribution in [2.45, 2.75) is 0 Å². The Labute approximate surface area is 73.1 Å². The van der Waals surface area contributed by atoms with Crippen LogP contribution in [0.1, 0.15) is 5.56 Å². The van der Waals surface area contributed by atoms with E-state index in [4.69, 9.17) is 0 Å². The molecule has 0 aliphatic rings. The number of rotatable bonds is 2. The van der Waals surface area contributed by atoms with Gasteiger partial charge in [-0.1, -0.05) is 28.1 Å². The molecule has 0 atom stereocenters. The monoisotopic (exact) mass is 215 g/mol. The Kier molecular flexibility index (Phi) is 3.23. The summed E-state index contributed by atoms with van der Waals surface area (Å²) in [5, 5.41) is 0.767. The Bertz CT molecular complexity index is 260. The highest BCUT2D eigenvalue weighted by molar-refractivity contribution is 9.09. The Balaban J connectivity index is 2.79. The fourth-order valence-corrected chi connectivity index (χ4v) is 0.887. The summed E-state index contributed by atoms with van der Waals surface area (Å²) in [6.07, 6.45) is 6.50. The Hall–Kier alpha value is -0.700. The first-order chi connectivity index (χ1) is 5.33. The summed E-state index contributed by atoms with van der Waals surface area (Å²) < 4.78 is 12.5. The van der Waals surface area contributed by atoms with Crippen molar-refractivity contribution in [1.82, 2.24) is 4.98 Å². The number of pyridine rings is 1. The molecule has 1 nitrogen and oxygen atoms in total. The molecule has 0 aromatic carbocycles. The largest absolute Gasteiger partial charge is 0.261 e. The maximum Gasteiger partial charge on any atom is 0.142 e. The molecule has 1 aromatic heterocycles. The second kappa shape index (κ2) is 4.23. The van der Waals surface area contributed by atoms with E-state index in [2.05, 4.69) is 20.9 Å². The minimum absolute atomic E-state index is 0.304. The fourth-order valence-electron chi connectivity index (χ4n) is 0.700. The van der Waals surface area contributed by atoms with Gasteiger partial charge >= 0.3 is 0 Å². The second-order valence-electron chi connectivity index (χ2n) is 1.99. The number of allylic oxidation sites excluding steroid dienone is 1. The van der Waals surface area contributed by atoms with Crippen molar-refractivity contribution in [3.05, 3.63) is 35.9 Å². The molecule has 3 heteroatoms. The van der Waals surface area contributed by atoms with E-state index in [9.17, 15) is 4.39 Å². The standard InChI is InChI=1S/C8H7BrFN/c9-3-1-2-7-4-8(10)6-11-5-7/h1-2,4-6H,3H2. The van der Waals surface area contributed by atoms with Crippen LogP contribution < -0.4 is 0 Å². The zero-order valence-electron chi connectivity index (χ0n) is 5.80. The number of hydrogen-bond acceptors (Lipinski definition) is 1. The van der Waals surface area contributed by atoms with Crippen LogP contribution in [0.5, 0.6) is 0 Å². The van der Waals surface area contributed by atoms with Crippen molar-refractivity contribution in [3.8, 4) is 0 Å². The Morgan fingerprint density at radius 3 is 3.00 bits per heavy atom. The summed E-state index contributed by atoms with van der Waals surface area (Å²) >= 11 is 3.22. The highest BCUT2D eigenvalue weighted by Crippen LogP contribution is 2.02. The first kappa shape index (κ1) is 8.40. The zero-order chi connectivity index (χ0) is 8.10. The van der Waals surface area contributed by atoms with Gasteiger partial charge in [0.05, 0.1) is 6.20 Å². The van der Waals surface area contributed by atoms with Gasteiger partial charge in [-0.3, -0.25) is 4.98 Å². The molecule has 0 radical (unpaired) electrons. The lowest BCUT2D eigenvalue weighted by Crippen LogP contribution is -1.79. The molecule has 0 bridgehead atoms. The van der Waals surface area contributed by atoms with Crippen LogP contribution in [0.2, 0.25) is 0 Å². The van der Waals surface area contributed by atoms with Gasteiger partial charge in [0.2, 0.25) is 0 Å². The maximum atomic E-state index is 12.5. The molecule has 0 spiro atoms. The second-order valence-corrected chi connectivity index (χ2v) is 2.64. The molecule has 11 heavy (non-hydrogen) atoms. The maximum absolute atomic E-state index is 12.5. The summed E-state index contributed by atoms with van der Waals surface area (Å²) in [6, 6.07) is 1.44. The third-order valence-corrected chi connectivity index (χ3v) is 1.50. The highest BCUT2D eigenvalue weighted by atomic mass is 79.9. The quantitative estimate of drug-likeness (QED) is 0.692.